The molecule has 0 bridgehead atoms. The van der Waals surface area contributed by atoms with Crippen LogP contribution in [0.4, 0.5) is 4.79 Å². The van der Waals surface area contributed by atoms with Crippen molar-refractivity contribution in [1.82, 2.24) is 5.32 Å². The molecule has 1 aliphatic carbocycles. The summed E-state index contributed by atoms with van der Waals surface area (Å²) in [5, 5.41) is 2.57. The summed E-state index contributed by atoms with van der Waals surface area (Å²) < 4.78 is 12.2. The molecule has 0 aromatic heterocycles. The van der Waals surface area contributed by atoms with Crippen LogP contribution in [0.15, 0.2) is 23.8 Å². The number of ether oxygens (including phenoxy) is 2. The van der Waals surface area contributed by atoms with Crippen LogP contribution in [0.1, 0.15) is 76.8 Å². The first-order valence-corrected chi connectivity index (χ1v) is 10.3. The number of aryl methyl sites for hydroxylation is 1. The van der Waals surface area contributed by atoms with Gasteiger partial charge >= 0.3 is 6.09 Å². The van der Waals surface area contributed by atoms with Gasteiger partial charge < -0.3 is 14.8 Å². The van der Waals surface area contributed by atoms with Crippen molar-refractivity contribution in [3.05, 3.63) is 34.9 Å². The van der Waals surface area contributed by atoms with Crippen LogP contribution in [0.25, 0.3) is 0 Å². The van der Waals surface area contributed by atoms with Crippen molar-refractivity contribution in [3.8, 4) is 11.5 Å². The Morgan fingerprint density at radius 3 is 2.81 bits per heavy atom. The number of carbonyl (C=O) groups is 1. The Morgan fingerprint density at radius 1 is 1.33 bits per heavy atom. The molecule has 1 amide bonds. The van der Waals surface area contributed by atoms with E-state index in [2.05, 4.69) is 45.2 Å². The van der Waals surface area contributed by atoms with Crippen LogP contribution < -0.4 is 14.8 Å². The fourth-order valence-corrected chi connectivity index (χ4v) is 4.52. The molecule has 148 valence electrons. The lowest BCUT2D eigenvalue weighted by Crippen LogP contribution is -2.45. The molecule has 0 unspecified atom stereocenters. The third kappa shape index (κ3) is 4.15. The molecule has 1 N–H and O–H groups in total. The number of carbonyl (C=O) groups excluding carboxylic acids is 1. The number of allylic oxidation sites excluding steroid dienone is 2. The van der Waals surface area contributed by atoms with Crippen LogP contribution in [0.2, 0.25) is 0 Å². The third-order valence-electron chi connectivity index (χ3n) is 5.99. The number of unbranched alkanes of at least 4 members (excludes halogenated alkanes) is 2. The largest absolute Gasteiger partial charge is 0.487 e. The van der Waals surface area contributed by atoms with E-state index in [1.165, 1.54) is 24.0 Å². The molecule has 0 spiro atoms. The molecule has 0 radical (unpaired) electrons. The Bertz CT molecular complexity index is 735. The van der Waals surface area contributed by atoms with Gasteiger partial charge in [-0.2, -0.15) is 0 Å². The summed E-state index contributed by atoms with van der Waals surface area (Å²) in [7, 11) is 1.59. The Morgan fingerprint density at radius 2 is 2.11 bits per heavy atom. The zero-order valence-electron chi connectivity index (χ0n) is 17.4. The third-order valence-corrected chi connectivity index (χ3v) is 5.99. The molecule has 1 aromatic carbocycles. The van der Waals surface area contributed by atoms with Gasteiger partial charge in [0.15, 0.2) is 0 Å². The highest BCUT2D eigenvalue weighted by atomic mass is 16.6. The lowest BCUT2D eigenvalue weighted by atomic mass is 9.68. The summed E-state index contributed by atoms with van der Waals surface area (Å²) in [5.41, 5.74) is 3.37. The first-order chi connectivity index (χ1) is 12.9. The minimum atomic E-state index is -0.430. The van der Waals surface area contributed by atoms with Crippen LogP contribution in [0.3, 0.4) is 0 Å². The number of benzene rings is 1. The molecule has 4 heteroatoms. The highest BCUT2D eigenvalue weighted by Crippen LogP contribution is 2.53. The van der Waals surface area contributed by atoms with E-state index in [9.17, 15) is 4.79 Å². The van der Waals surface area contributed by atoms with Crippen LogP contribution in [-0.4, -0.2) is 18.7 Å². The van der Waals surface area contributed by atoms with Gasteiger partial charge in [0.05, 0.1) is 0 Å². The summed E-state index contributed by atoms with van der Waals surface area (Å²) >= 11 is 0. The number of hydrogen-bond acceptors (Lipinski definition) is 3. The van der Waals surface area contributed by atoms with Gasteiger partial charge in [0.2, 0.25) is 0 Å². The number of fused-ring (bicyclic) bond motifs is 3. The van der Waals surface area contributed by atoms with Gasteiger partial charge in [-0.3, -0.25) is 0 Å². The molecule has 2 aliphatic rings. The lowest BCUT2D eigenvalue weighted by molar-refractivity contribution is 0.0108. The summed E-state index contributed by atoms with van der Waals surface area (Å²) in [6.45, 7) is 8.77. The average Bonchev–Trinajstić information content (AvgIpc) is 2.60. The second-order valence-electron chi connectivity index (χ2n) is 8.49. The zero-order chi connectivity index (χ0) is 19.6. The molecule has 1 heterocycles. The van der Waals surface area contributed by atoms with Crippen molar-refractivity contribution < 1.29 is 14.3 Å². The monoisotopic (exact) mass is 371 g/mol. The summed E-state index contributed by atoms with van der Waals surface area (Å²) in [6, 6.07) is 4.21. The molecule has 1 aromatic rings. The maximum absolute atomic E-state index is 12.0. The first kappa shape index (κ1) is 19.8. The van der Waals surface area contributed by atoms with Gasteiger partial charge in [-0.15, -0.1) is 0 Å². The summed E-state index contributed by atoms with van der Waals surface area (Å²) in [4.78, 5) is 12.0. The van der Waals surface area contributed by atoms with Gasteiger partial charge in [-0.25, -0.2) is 4.79 Å². The maximum Gasteiger partial charge on any atom is 0.412 e. The van der Waals surface area contributed by atoms with Crippen LogP contribution in [0, 0.1) is 5.92 Å². The Labute approximate surface area is 163 Å². The van der Waals surface area contributed by atoms with Gasteiger partial charge in [-0.1, -0.05) is 31.4 Å². The number of nitrogens with one attached hydrogen (secondary N) is 1. The molecule has 27 heavy (non-hydrogen) atoms. The van der Waals surface area contributed by atoms with Gasteiger partial charge in [0, 0.05) is 24.4 Å². The maximum atomic E-state index is 12.0. The van der Waals surface area contributed by atoms with Crippen molar-refractivity contribution in [1.29, 1.82) is 0 Å². The quantitative estimate of drug-likeness (QED) is 0.530. The SMILES string of the molecule is CCCCCc1cc(OC(=O)NC)c2c(c1)OC(C)(C)[C@@H]1CCC(C)=C[C@@H]21. The summed E-state index contributed by atoms with van der Waals surface area (Å²) in [6.07, 6.45) is 8.60. The molecule has 3 rings (SSSR count). The Balaban J connectivity index is 2.07. The molecule has 0 fully saturated rings. The topological polar surface area (TPSA) is 47.6 Å². The van der Waals surface area contributed by atoms with E-state index < -0.39 is 6.09 Å². The van der Waals surface area contributed by atoms with Crippen molar-refractivity contribution >= 4 is 6.09 Å². The van der Waals surface area contributed by atoms with Crippen molar-refractivity contribution in [2.75, 3.05) is 7.05 Å². The second kappa shape index (κ2) is 7.95. The molecule has 0 saturated heterocycles. The fraction of sp³-hybridized carbons (Fsp3) is 0.609. The number of amides is 1. The second-order valence-corrected chi connectivity index (χ2v) is 8.49. The normalized spacial score (nSPS) is 22.8. The van der Waals surface area contributed by atoms with E-state index in [0.29, 0.717) is 11.7 Å². The van der Waals surface area contributed by atoms with E-state index in [4.69, 9.17) is 9.47 Å². The molecular weight excluding hydrogens is 338 g/mol. The minimum Gasteiger partial charge on any atom is -0.487 e. The molecular formula is C23H33NO3. The van der Waals surface area contributed by atoms with E-state index in [1.54, 1.807) is 7.05 Å². The van der Waals surface area contributed by atoms with Gasteiger partial charge in [-0.05, 0) is 64.2 Å². The predicted octanol–water partition coefficient (Wildman–Crippen LogP) is 5.75. The number of hydrogen-bond donors (Lipinski definition) is 1. The van der Waals surface area contributed by atoms with Crippen LogP contribution in [0.5, 0.6) is 11.5 Å². The van der Waals surface area contributed by atoms with Gasteiger partial charge in [0.25, 0.3) is 0 Å². The lowest BCUT2D eigenvalue weighted by Gasteiger charge is -2.46. The smallest absolute Gasteiger partial charge is 0.412 e. The van der Waals surface area contributed by atoms with E-state index >= 15 is 0 Å². The first-order valence-electron chi connectivity index (χ1n) is 10.3. The van der Waals surface area contributed by atoms with E-state index in [-0.39, 0.29) is 11.5 Å². The van der Waals surface area contributed by atoms with Crippen molar-refractivity contribution in [2.45, 2.75) is 77.7 Å². The predicted molar refractivity (Wildman–Crippen MR) is 109 cm³/mol. The number of rotatable bonds is 5. The van der Waals surface area contributed by atoms with Crippen LogP contribution >= 0.6 is 0 Å². The van der Waals surface area contributed by atoms with E-state index in [0.717, 1.165) is 37.0 Å². The fourth-order valence-electron chi connectivity index (χ4n) is 4.52. The van der Waals surface area contributed by atoms with E-state index in [1.807, 2.05) is 6.07 Å². The zero-order valence-corrected chi connectivity index (χ0v) is 17.4. The van der Waals surface area contributed by atoms with Gasteiger partial charge in [0.1, 0.15) is 17.1 Å². The Kier molecular flexibility index (Phi) is 5.83. The average molecular weight is 372 g/mol. The Hall–Kier alpha value is -1.97. The standard InChI is InChI=1S/C23H33NO3/c1-6-7-8-9-16-13-19(26-22(25)24-5)21-17-12-15(2)10-11-18(17)23(3,4)27-20(21)14-16/h12-14,17-18H,6-11H2,1-5H3,(H,24,25)/t17-,18-/m1/s1. The molecule has 0 saturated carbocycles. The molecule has 2 atom stereocenters. The van der Waals surface area contributed by atoms with Crippen molar-refractivity contribution in [3.63, 3.8) is 0 Å². The molecule has 1 aliphatic heterocycles. The minimum absolute atomic E-state index is 0.224. The molecule has 4 nitrogen and oxygen atoms in total. The highest BCUT2D eigenvalue weighted by molar-refractivity contribution is 5.71. The van der Waals surface area contributed by atoms with Crippen LogP contribution in [-0.2, 0) is 6.42 Å². The summed E-state index contributed by atoms with van der Waals surface area (Å²) in [5.74, 6) is 2.13. The highest BCUT2D eigenvalue weighted by Gasteiger charge is 2.45. The van der Waals surface area contributed by atoms with Crippen molar-refractivity contribution in [2.24, 2.45) is 5.92 Å².